The van der Waals surface area contributed by atoms with Crippen LogP contribution in [0.3, 0.4) is 0 Å². The van der Waals surface area contributed by atoms with Crippen molar-refractivity contribution in [3.05, 3.63) is 35.4 Å². The van der Waals surface area contributed by atoms with E-state index < -0.39 is 0 Å². The van der Waals surface area contributed by atoms with Crippen LogP contribution < -0.4 is 11.3 Å². The molecule has 0 aromatic heterocycles. The number of hydrogen-bond acceptors (Lipinski definition) is 2. The molecule has 1 saturated carbocycles. The van der Waals surface area contributed by atoms with Gasteiger partial charge in [-0.1, -0.05) is 55.5 Å². The number of aryl methyl sites for hydroxylation is 2. The molecule has 0 spiro atoms. The summed E-state index contributed by atoms with van der Waals surface area (Å²) < 4.78 is 0. The van der Waals surface area contributed by atoms with E-state index in [4.69, 9.17) is 10.8 Å². The minimum Gasteiger partial charge on any atom is -0.312 e. The van der Waals surface area contributed by atoms with Gasteiger partial charge in [0.15, 0.2) is 0 Å². The molecule has 1 fully saturated rings. The van der Waals surface area contributed by atoms with E-state index in [1.165, 1.54) is 49.7 Å². The van der Waals surface area contributed by atoms with Gasteiger partial charge in [0.2, 0.25) is 0 Å². The van der Waals surface area contributed by atoms with Gasteiger partial charge in [-0.25, -0.2) is 5.84 Å². The van der Waals surface area contributed by atoms with Crippen LogP contribution in [0, 0.1) is 6.92 Å². The second-order valence-corrected chi connectivity index (χ2v) is 5.85. The first-order valence-corrected chi connectivity index (χ1v) is 7.87. The Hall–Kier alpha value is -1.35. The molecule has 3 N–H and O–H groups in total. The third-order valence-electron chi connectivity index (χ3n) is 4.10. The number of nitrogens with two attached hydrogens (primary N) is 1. The van der Waals surface area contributed by atoms with Gasteiger partial charge in [-0.3, -0.25) is 4.99 Å². The predicted octanol–water partition coefficient (Wildman–Crippen LogP) is 3.51. The molecule has 2 rings (SSSR count). The van der Waals surface area contributed by atoms with Crippen molar-refractivity contribution in [3.8, 4) is 0 Å². The van der Waals surface area contributed by atoms with E-state index in [-0.39, 0.29) is 0 Å². The molecule has 110 valence electrons. The van der Waals surface area contributed by atoms with E-state index in [9.17, 15) is 0 Å². The molecule has 0 atom stereocenters. The largest absolute Gasteiger partial charge is 0.312 e. The number of amidine groups is 1. The van der Waals surface area contributed by atoms with Crippen LogP contribution >= 0.6 is 0 Å². The lowest BCUT2D eigenvalue weighted by atomic mass is 10.1. The number of aliphatic imine (C=N–C) groups is 1. The smallest absolute Gasteiger partial charge is 0.111 e. The molecule has 3 heteroatoms. The highest BCUT2D eigenvalue weighted by Crippen LogP contribution is 2.20. The maximum Gasteiger partial charge on any atom is 0.111 e. The van der Waals surface area contributed by atoms with Gasteiger partial charge >= 0.3 is 0 Å². The minimum absolute atomic E-state index is 0.474. The molecule has 1 aliphatic rings. The van der Waals surface area contributed by atoms with Crippen LogP contribution in [-0.2, 0) is 6.42 Å². The summed E-state index contributed by atoms with van der Waals surface area (Å²) in [7, 11) is 0. The van der Waals surface area contributed by atoms with Gasteiger partial charge in [-0.2, -0.15) is 0 Å². The molecule has 0 heterocycles. The summed E-state index contributed by atoms with van der Waals surface area (Å²) in [6, 6.07) is 9.17. The zero-order chi connectivity index (χ0) is 14.2. The van der Waals surface area contributed by atoms with Gasteiger partial charge < -0.3 is 5.43 Å². The molecular weight excluding hydrogens is 246 g/mol. The summed E-state index contributed by atoms with van der Waals surface area (Å²) in [5.41, 5.74) is 5.45. The summed E-state index contributed by atoms with van der Waals surface area (Å²) in [5.74, 6) is 6.59. The molecule has 0 radical (unpaired) electrons. The maximum atomic E-state index is 5.64. The van der Waals surface area contributed by atoms with Crippen molar-refractivity contribution in [3.63, 3.8) is 0 Å². The van der Waals surface area contributed by atoms with E-state index in [0.29, 0.717) is 6.04 Å². The van der Waals surface area contributed by atoms with Crippen molar-refractivity contribution in [2.24, 2.45) is 10.8 Å². The minimum atomic E-state index is 0.474. The molecule has 0 amide bonds. The number of nitrogens with zero attached hydrogens (tertiary/aromatic N) is 1. The van der Waals surface area contributed by atoms with Crippen LogP contribution in [0.2, 0.25) is 0 Å². The fraction of sp³-hybridized carbons (Fsp3) is 0.588. The van der Waals surface area contributed by atoms with Crippen molar-refractivity contribution in [2.45, 2.75) is 64.3 Å². The molecule has 0 bridgehead atoms. The summed E-state index contributed by atoms with van der Waals surface area (Å²) in [5, 5.41) is 0. The first kappa shape index (κ1) is 15.0. The summed E-state index contributed by atoms with van der Waals surface area (Å²) in [4.78, 5) is 4.83. The van der Waals surface area contributed by atoms with Gasteiger partial charge in [0.05, 0.1) is 6.04 Å². The normalized spacial score (nSPS) is 17.8. The Balaban J connectivity index is 1.88. The Labute approximate surface area is 122 Å². The molecule has 1 aliphatic carbocycles. The molecule has 0 aliphatic heterocycles. The zero-order valence-electron chi connectivity index (χ0n) is 12.6. The number of nitrogens with one attached hydrogen (secondary N) is 1. The van der Waals surface area contributed by atoms with Crippen molar-refractivity contribution < 1.29 is 0 Å². The highest BCUT2D eigenvalue weighted by atomic mass is 15.3. The Bertz CT molecular complexity index is 414. The van der Waals surface area contributed by atoms with Gasteiger partial charge in [0.25, 0.3) is 0 Å². The number of rotatable bonds is 4. The lowest BCUT2D eigenvalue weighted by Crippen LogP contribution is -2.32. The third-order valence-corrected chi connectivity index (χ3v) is 4.10. The first-order valence-electron chi connectivity index (χ1n) is 7.87. The van der Waals surface area contributed by atoms with E-state index in [0.717, 1.165) is 18.7 Å². The van der Waals surface area contributed by atoms with Gasteiger partial charge in [0.1, 0.15) is 5.84 Å². The highest BCUT2D eigenvalue weighted by molar-refractivity contribution is 5.82. The van der Waals surface area contributed by atoms with E-state index in [2.05, 4.69) is 36.6 Å². The Kier molecular flexibility index (Phi) is 6.06. The quantitative estimate of drug-likeness (QED) is 0.290. The lowest BCUT2D eigenvalue weighted by molar-refractivity contribution is 0.580. The summed E-state index contributed by atoms with van der Waals surface area (Å²) in [6.07, 6.45) is 9.67. The Morgan fingerprint density at radius 1 is 1.15 bits per heavy atom. The molecule has 1 aromatic rings. The molecule has 1 aromatic carbocycles. The highest BCUT2D eigenvalue weighted by Gasteiger charge is 2.11. The third kappa shape index (κ3) is 4.97. The van der Waals surface area contributed by atoms with Crippen LogP contribution in [0.25, 0.3) is 0 Å². The van der Waals surface area contributed by atoms with Crippen molar-refractivity contribution >= 4 is 5.84 Å². The fourth-order valence-electron chi connectivity index (χ4n) is 2.80. The molecule has 0 saturated heterocycles. The van der Waals surface area contributed by atoms with Crippen LogP contribution in [0.15, 0.2) is 29.3 Å². The molecular formula is C17H27N3. The van der Waals surface area contributed by atoms with Gasteiger partial charge in [-0.15, -0.1) is 0 Å². The fourth-order valence-corrected chi connectivity index (χ4v) is 2.80. The van der Waals surface area contributed by atoms with E-state index in [1.807, 2.05) is 0 Å². The topological polar surface area (TPSA) is 50.4 Å². The predicted molar refractivity (Wildman–Crippen MR) is 85.7 cm³/mol. The molecule has 20 heavy (non-hydrogen) atoms. The zero-order valence-corrected chi connectivity index (χ0v) is 12.6. The number of hydrogen-bond donors (Lipinski definition) is 2. The van der Waals surface area contributed by atoms with Crippen LogP contribution in [0.4, 0.5) is 0 Å². The maximum absolute atomic E-state index is 5.64. The lowest BCUT2D eigenvalue weighted by Gasteiger charge is -2.12. The average molecular weight is 273 g/mol. The van der Waals surface area contributed by atoms with E-state index in [1.54, 1.807) is 0 Å². The SMILES string of the molecule is Cc1ccc(CCC(=NC2CCCCCC2)NN)cc1. The number of hydrazine groups is 1. The van der Waals surface area contributed by atoms with Crippen molar-refractivity contribution in [2.75, 3.05) is 0 Å². The summed E-state index contributed by atoms with van der Waals surface area (Å²) >= 11 is 0. The standard InChI is InChI=1S/C17H27N3/c1-14-8-10-15(11-9-14)12-13-17(20-18)19-16-6-4-2-3-5-7-16/h8-11,16H,2-7,12-13,18H2,1H3,(H,19,20). The van der Waals surface area contributed by atoms with Crippen molar-refractivity contribution in [1.82, 2.24) is 5.43 Å². The monoisotopic (exact) mass is 273 g/mol. The molecule has 0 unspecified atom stereocenters. The van der Waals surface area contributed by atoms with Crippen LogP contribution in [0.1, 0.15) is 56.1 Å². The first-order chi connectivity index (χ1) is 9.78. The number of benzene rings is 1. The Morgan fingerprint density at radius 2 is 1.80 bits per heavy atom. The second kappa shape index (κ2) is 8.05. The van der Waals surface area contributed by atoms with Gasteiger partial charge in [-0.05, 0) is 31.7 Å². The second-order valence-electron chi connectivity index (χ2n) is 5.85. The van der Waals surface area contributed by atoms with Crippen LogP contribution in [0.5, 0.6) is 0 Å². The average Bonchev–Trinajstić information content (AvgIpc) is 2.73. The van der Waals surface area contributed by atoms with Gasteiger partial charge in [0, 0.05) is 6.42 Å². The van der Waals surface area contributed by atoms with Crippen molar-refractivity contribution in [1.29, 1.82) is 0 Å². The van der Waals surface area contributed by atoms with E-state index >= 15 is 0 Å². The molecule has 3 nitrogen and oxygen atoms in total. The summed E-state index contributed by atoms with van der Waals surface area (Å²) in [6.45, 7) is 2.12. The Morgan fingerprint density at radius 3 is 2.40 bits per heavy atom. The van der Waals surface area contributed by atoms with Crippen LogP contribution in [-0.4, -0.2) is 11.9 Å².